The number of ether oxygens (including phenoxy) is 1. The van der Waals surface area contributed by atoms with Crippen molar-refractivity contribution in [3.05, 3.63) is 35.6 Å². The SMILES string of the molecule is COc1ccc(N=C(C)C2=C(O)CC(C)(C)CC2=O)cc1. The molecule has 0 fully saturated rings. The van der Waals surface area contributed by atoms with Crippen molar-refractivity contribution in [3.8, 4) is 5.75 Å². The molecule has 0 saturated carbocycles. The Bertz CT molecular complexity index is 609. The number of aliphatic imine (C=N–C) groups is 1. The van der Waals surface area contributed by atoms with Gasteiger partial charge in [0, 0.05) is 12.8 Å². The zero-order valence-electron chi connectivity index (χ0n) is 12.9. The van der Waals surface area contributed by atoms with E-state index in [1.165, 1.54) is 0 Å². The van der Waals surface area contributed by atoms with Gasteiger partial charge in [0.2, 0.25) is 0 Å². The number of methoxy groups -OCH3 is 1. The fourth-order valence-corrected chi connectivity index (χ4v) is 2.61. The number of carbonyl (C=O) groups is 1. The van der Waals surface area contributed by atoms with E-state index in [1.807, 2.05) is 38.1 Å². The van der Waals surface area contributed by atoms with Crippen LogP contribution >= 0.6 is 0 Å². The van der Waals surface area contributed by atoms with Crippen LogP contribution in [0, 0.1) is 5.41 Å². The Balaban J connectivity index is 2.31. The van der Waals surface area contributed by atoms with Gasteiger partial charge in [0.1, 0.15) is 11.5 Å². The molecule has 0 saturated heterocycles. The van der Waals surface area contributed by atoms with Crippen LogP contribution in [0.15, 0.2) is 40.6 Å². The first-order valence-electron chi connectivity index (χ1n) is 6.97. The molecular formula is C17H21NO3. The highest BCUT2D eigenvalue weighted by atomic mass is 16.5. The van der Waals surface area contributed by atoms with Crippen molar-refractivity contribution in [3.63, 3.8) is 0 Å². The summed E-state index contributed by atoms with van der Waals surface area (Å²) in [6.45, 7) is 5.72. The molecule has 4 heteroatoms. The van der Waals surface area contributed by atoms with Crippen molar-refractivity contribution in [1.29, 1.82) is 0 Å². The van der Waals surface area contributed by atoms with Gasteiger partial charge < -0.3 is 9.84 Å². The number of nitrogens with zero attached hydrogens (tertiary/aromatic N) is 1. The fourth-order valence-electron chi connectivity index (χ4n) is 2.61. The average molecular weight is 287 g/mol. The van der Waals surface area contributed by atoms with Gasteiger partial charge in [-0.1, -0.05) is 13.8 Å². The van der Waals surface area contributed by atoms with Crippen molar-refractivity contribution in [2.24, 2.45) is 10.4 Å². The molecule has 21 heavy (non-hydrogen) atoms. The van der Waals surface area contributed by atoms with E-state index in [1.54, 1.807) is 14.0 Å². The van der Waals surface area contributed by atoms with Gasteiger partial charge in [-0.25, -0.2) is 0 Å². The quantitative estimate of drug-likeness (QED) is 0.855. The standard InChI is InChI=1S/C17H21NO3/c1-11(18-12-5-7-13(21-4)8-6-12)16-14(19)9-17(2,3)10-15(16)20/h5-8,19H,9-10H2,1-4H3. The molecule has 4 nitrogen and oxygen atoms in total. The van der Waals surface area contributed by atoms with E-state index < -0.39 is 0 Å². The second kappa shape index (κ2) is 5.72. The van der Waals surface area contributed by atoms with E-state index in [0.29, 0.717) is 24.1 Å². The van der Waals surface area contributed by atoms with Crippen LogP contribution in [-0.4, -0.2) is 23.7 Å². The van der Waals surface area contributed by atoms with E-state index >= 15 is 0 Å². The largest absolute Gasteiger partial charge is 0.511 e. The molecule has 0 amide bonds. The predicted molar refractivity (Wildman–Crippen MR) is 83.4 cm³/mol. The zero-order valence-corrected chi connectivity index (χ0v) is 12.9. The fraction of sp³-hybridized carbons (Fsp3) is 0.412. The van der Waals surface area contributed by atoms with Gasteiger partial charge in [-0.05, 0) is 36.6 Å². The monoisotopic (exact) mass is 287 g/mol. The maximum atomic E-state index is 12.2. The number of Topliss-reactive ketones (excluding diaryl/α,β-unsaturated/α-hetero) is 1. The normalized spacial score (nSPS) is 18.9. The summed E-state index contributed by atoms with van der Waals surface area (Å²) in [5.41, 5.74) is 1.46. The van der Waals surface area contributed by atoms with E-state index in [9.17, 15) is 9.90 Å². The topological polar surface area (TPSA) is 58.9 Å². The Morgan fingerprint density at radius 2 is 1.86 bits per heavy atom. The van der Waals surface area contributed by atoms with Crippen LogP contribution in [0.3, 0.4) is 0 Å². The van der Waals surface area contributed by atoms with Gasteiger partial charge in [0.15, 0.2) is 5.78 Å². The first-order chi connectivity index (χ1) is 9.82. The molecule has 1 aromatic carbocycles. The molecule has 0 aromatic heterocycles. The lowest BCUT2D eigenvalue weighted by molar-refractivity contribution is -0.117. The number of aliphatic hydroxyl groups is 1. The van der Waals surface area contributed by atoms with E-state index in [-0.39, 0.29) is 17.0 Å². The summed E-state index contributed by atoms with van der Waals surface area (Å²) in [7, 11) is 1.61. The molecule has 1 N–H and O–H groups in total. The van der Waals surface area contributed by atoms with Gasteiger partial charge in [0.25, 0.3) is 0 Å². The van der Waals surface area contributed by atoms with E-state index in [2.05, 4.69) is 4.99 Å². The van der Waals surface area contributed by atoms with Crippen molar-refractivity contribution in [2.75, 3.05) is 7.11 Å². The molecule has 0 spiro atoms. The van der Waals surface area contributed by atoms with Crippen LogP contribution in [0.5, 0.6) is 5.75 Å². The van der Waals surface area contributed by atoms with Gasteiger partial charge in [-0.3, -0.25) is 9.79 Å². The van der Waals surface area contributed by atoms with Crippen LogP contribution in [0.4, 0.5) is 5.69 Å². The Hall–Kier alpha value is -2.10. The minimum absolute atomic E-state index is 0.0430. The number of rotatable bonds is 3. The summed E-state index contributed by atoms with van der Waals surface area (Å²) in [6.07, 6.45) is 0.936. The van der Waals surface area contributed by atoms with E-state index in [0.717, 1.165) is 11.4 Å². The van der Waals surface area contributed by atoms with Gasteiger partial charge >= 0.3 is 0 Å². The summed E-state index contributed by atoms with van der Waals surface area (Å²) in [4.78, 5) is 16.7. The van der Waals surface area contributed by atoms with Crippen molar-refractivity contribution in [2.45, 2.75) is 33.6 Å². The van der Waals surface area contributed by atoms with Crippen LogP contribution < -0.4 is 4.74 Å². The maximum Gasteiger partial charge on any atom is 0.168 e. The average Bonchev–Trinajstić information content (AvgIpc) is 2.37. The molecule has 0 heterocycles. The van der Waals surface area contributed by atoms with Crippen LogP contribution in [-0.2, 0) is 4.79 Å². The number of carbonyl (C=O) groups excluding carboxylic acids is 1. The highest BCUT2D eigenvalue weighted by molar-refractivity contribution is 6.23. The minimum Gasteiger partial charge on any atom is -0.511 e. The minimum atomic E-state index is -0.189. The van der Waals surface area contributed by atoms with Gasteiger partial charge in [0.05, 0.1) is 24.1 Å². The Morgan fingerprint density at radius 3 is 2.38 bits per heavy atom. The molecule has 0 unspecified atom stereocenters. The smallest absolute Gasteiger partial charge is 0.168 e. The summed E-state index contributed by atoms with van der Waals surface area (Å²) >= 11 is 0. The number of aliphatic hydroxyl groups excluding tert-OH is 1. The Kier molecular flexibility index (Phi) is 4.16. The molecular weight excluding hydrogens is 266 g/mol. The van der Waals surface area contributed by atoms with Crippen molar-refractivity contribution < 1.29 is 14.6 Å². The first kappa shape index (κ1) is 15.3. The third-order valence-electron chi connectivity index (χ3n) is 3.58. The summed E-state index contributed by atoms with van der Waals surface area (Å²) < 4.78 is 5.10. The lowest BCUT2D eigenvalue weighted by atomic mass is 9.76. The van der Waals surface area contributed by atoms with E-state index in [4.69, 9.17) is 4.74 Å². The van der Waals surface area contributed by atoms with Crippen LogP contribution in [0.25, 0.3) is 0 Å². The van der Waals surface area contributed by atoms with Crippen molar-refractivity contribution >= 4 is 17.2 Å². The predicted octanol–water partition coefficient (Wildman–Crippen LogP) is 3.99. The second-order valence-electron chi connectivity index (χ2n) is 6.16. The number of ketones is 1. The lowest BCUT2D eigenvalue weighted by Crippen LogP contribution is -2.28. The molecule has 2 rings (SSSR count). The summed E-state index contributed by atoms with van der Waals surface area (Å²) in [5.74, 6) is 0.855. The maximum absolute atomic E-state index is 12.2. The van der Waals surface area contributed by atoms with Gasteiger partial charge in [-0.15, -0.1) is 0 Å². The zero-order chi connectivity index (χ0) is 15.6. The highest BCUT2D eigenvalue weighted by Crippen LogP contribution is 2.36. The van der Waals surface area contributed by atoms with Crippen LogP contribution in [0.1, 0.15) is 33.6 Å². The third-order valence-corrected chi connectivity index (χ3v) is 3.58. The summed E-state index contributed by atoms with van der Waals surface area (Å²) in [6, 6.07) is 7.26. The summed E-state index contributed by atoms with van der Waals surface area (Å²) in [5, 5.41) is 10.2. The molecule has 0 radical (unpaired) electrons. The van der Waals surface area contributed by atoms with Crippen LogP contribution in [0.2, 0.25) is 0 Å². The Labute approximate surface area is 125 Å². The first-order valence-corrected chi connectivity index (χ1v) is 6.97. The lowest BCUT2D eigenvalue weighted by Gasteiger charge is -2.29. The third kappa shape index (κ3) is 3.51. The molecule has 1 aliphatic rings. The number of benzene rings is 1. The number of allylic oxidation sites excluding steroid dienone is 2. The molecule has 1 aliphatic carbocycles. The highest BCUT2D eigenvalue weighted by Gasteiger charge is 2.33. The van der Waals surface area contributed by atoms with Gasteiger partial charge in [-0.2, -0.15) is 0 Å². The molecule has 0 aliphatic heterocycles. The Morgan fingerprint density at radius 1 is 1.24 bits per heavy atom. The second-order valence-corrected chi connectivity index (χ2v) is 6.16. The molecule has 1 aromatic rings. The number of hydrogen-bond donors (Lipinski definition) is 1. The van der Waals surface area contributed by atoms with Crippen molar-refractivity contribution in [1.82, 2.24) is 0 Å². The molecule has 112 valence electrons. The molecule has 0 atom stereocenters. The molecule has 0 bridgehead atoms. The number of hydrogen-bond acceptors (Lipinski definition) is 4.